The minimum absolute atomic E-state index is 0.100. The van der Waals surface area contributed by atoms with Crippen molar-refractivity contribution in [3.05, 3.63) is 28.8 Å². The third kappa shape index (κ3) is 2.13. The van der Waals surface area contributed by atoms with Crippen molar-refractivity contribution in [1.82, 2.24) is 4.98 Å². The first-order chi connectivity index (χ1) is 5.24. The van der Waals surface area contributed by atoms with Gasteiger partial charge in [-0.1, -0.05) is 11.6 Å². The molecule has 0 radical (unpaired) electrons. The Kier molecular flexibility index (Phi) is 2.79. The molecule has 4 heteroatoms. The smallest absolute Gasteiger partial charge is 0.160 e. The molecule has 0 spiro atoms. The lowest BCUT2D eigenvalue weighted by Crippen LogP contribution is -2.04. The zero-order valence-corrected chi connectivity index (χ0v) is 6.61. The third-order valence-electron chi connectivity index (χ3n) is 1.27. The Labute approximate surface area is 69.2 Å². The topological polar surface area (TPSA) is 38.9 Å². The quantitative estimate of drug-likeness (QED) is 0.736. The Bertz CT molecular complexity index is 252. The van der Waals surface area contributed by atoms with Gasteiger partial charge in [0.1, 0.15) is 0 Å². The largest absolute Gasteiger partial charge is 0.330 e. The molecule has 2 nitrogen and oxygen atoms in total. The molecule has 0 atom stereocenters. The molecule has 0 aliphatic heterocycles. The van der Waals surface area contributed by atoms with Crippen molar-refractivity contribution in [2.75, 3.05) is 6.54 Å². The molecule has 0 saturated carbocycles. The van der Waals surface area contributed by atoms with Crippen molar-refractivity contribution in [3.8, 4) is 0 Å². The maximum Gasteiger partial charge on any atom is 0.160 e. The molecule has 1 heterocycles. The number of nitrogens with zero attached hydrogens (tertiary/aromatic N) is 1. The van der Waals surface area contributed by atoms with Crippen LogP contribution in [0.4, 0.5) is 4.39 Å². The number of hydrogen-bond donors (Lipinski definition) is 1. The van der Waals surface area contributed by atoms with Gasteiger partial charge in [-0.25, -0.2) is 4.39 Å². The summed E-state index contributed by atoms with van der Waals surface area (Å²) in [4.78, 5) is 3.79. The molecule has 2 N–H and O–H groups in total. The zero-order valence-electron chi connectivity index (χ0n) is 5.85. The summed E-state index contributed by atoms with van der Waals surface area (Å²) in [6.45, 7) is 0.495. The van der Waals surface area contributed by atoms with E-state index in [2.05, 4.69) is 4.98 Å². The molecule has 1 rings (SSSR count). The number of hydrogen-bond acceptors (Lipinski definition) is 2. The van der Waals surface area contributed by atoms with Crippen molar-refractivity contribution < 1.29 is 4.39 Å². The van der Waals surface area contributed by atoms with Gasteiger partial charge in [0.15, 0.2) is 5.82 Å². The van der Waals surface area contributed by atoms with Gasteiger partial charge in [0, 0.05) is 12.1 Å². The molecule has 1 aromatic heterocycles. The molecule has 0 saturated heterocycles. The fraction of sp³-hybridized carbons (Fsp3) is 0.286. The standard InChI is InChI=1S/C7H8ClFN2/c8-6-3-5(1-2-10)11-4-7(6)9/h3-4H,1-2,10H2. The zero-order chi connectivity index (χ0) is 8.27. The van der Waals surface area contributed by atoms with Gasteiger partial charge in [-0.3, -0.25) is 4.98 Å². The van der Waals surface area contributed by atoms with Crippen LogP contribution in [0.5, 0.6) is 0 Å². The van der Waals surface area contributed by atoms with Crippen LogP contribution in [0, 0.1) is 5.82 Å². The molecule has 60 valence electrons. The number of nitrogens with two attached hydrogens (primary N) is 1. The van der Waals surface area contributed by atoms with Crippen LogP contribution in [-0.4, -0.2) is 11.5 Å². The molecule has 0 aliphatic carbocycles. The van der Waals surface area contributed by atoms with Crippen molar-refractivity contribution in [3.63, 3.8) is 0 Å². The highest BCUT2D eigenvalue weighted by Gasteiger charge is 2.00. The molecule has 0 unspecified atom stereocenters. The van der Waals surface area contributed by atoms with Crippen LogP contribution in [0.2, 0.25) is 5.02 Å². The summed E-state index contributed by atoms with van der Waals surface area (Å²) in [5, 5.41) is 0.100. The van der Waals surface area contributed by atoms with Crippen molar-refractivity contribution in [2.45, 2.75) is 6.42 Å². The molecule has 0 amide bonds. The van der Waals surface area contributed by atoms with E-state index in [1.165, 1.54) is 6.07 Å². The Morgan fingerprint density at radius 1 is 1.64 bits per heavy atom. The molecule has 0 bridgehead atoms. The van der Waals surface area contributed by atoms with Gasteiger partial charge < -0.3 is 5.73 Å². The molecule has 0 aromatic carbocycles. The Balaban J connectivity index is 2.86. The Morgan fingerprint density at radius 3 is 2.91 bits per heavy atom. The second-order valence-corrected chi connectivity index (χ2v) is 2.54. The number of halogens is 2. The van der Waals surface area contributed by atoms with Crippen LogP contribution in [0.1, 0.15) is 5.69 Å². The van der Waals surface area contributed by atoms with Gasteiger partial charge in [-0.15, -0.1) is 0 Å². The first-order valence-electron chi connectivity index (χ1n) is 3.24. The Hall–Kier alpha value is -0.670. The highest BCUT2D eigenvalue weighted by molar-refractivity contribution is 6.30. The summed E-state index contributed by atoms with van der Waals surface area (Å²) in [5.74, 6) is -0.493. The van der Waals surface area contributed by atoms with Gasteiger partial charge >= 0.3 is 0 Å². The van der Waals surface area contributed by atoms with Crippen molar-refractivity contribution in [1.29, 1.82) is 0 Å². The normalized spacial score (nSPS) is 10.1. The number of pyridine rings is 1. The highest BCUT2D eigenvalue weighted by Crippen LogP contribution is 2.13. The fourth-order valence-electron chi connectivity index (χ4n) is 0.738. The summed E-state index contributed by atoms with van der Waals surface area (Å²) in [6.07, 6.45) is 1.73. The third-order valence-corrected chi connectivity index (χ3v) is 1.56. The van der Waals surface area contributed by atoms with Crippen LogP contribution in [0.15, 0.2) is 12.3 Å². The monoisotopic (exact) mass is 174 g/mol. The van der Waals surface area contributed by atoms with E-state index < -0.39 is 5.82 Å². The highest BCUT2D eigenvalue weighted by atomic mass is 35.5. The second kappa shape index (κ2) is 3.64. The predicted molar refractivity (Wildman–Crippen MR) is 42.0 cm³/mol. The lowest BCUT2D eigenvalue weighted by molar-refractivity contribution is 0.619. The second-order valence-electron chi connectivity index (χ2n) is 2.13. The van der Waals surface area contributed by atoms with E-state index in [0.29, 0.717) is 13.0 Å². The minimum Gasteiger partial charge on any atom is -0.330 e. The number of rotatable bonds is 2. The molecule has 0 aliphatic rings. The minimum atomic E-state index is -0.493. The van der Waals surface area contributed by atoms with Crippen molar-refractivity contribution >= 4 is 11.6 Å². The molecule has 1 aromatic rings. The van der Waals surface area contributed by atoms with Gasteiger partial charge in [0.25, 0.3) is 0 Å². The van der Waals surface area contributed by atoms with Crippen LogP contribution >= 0.6 is 11.6 Å². The van der Waals surface area contributed by atoms with E-state index in [9.17, 15) is 4.39 Å². The summed E-state index contributed by atoms with van der Waals surface area (Å²) >= 11 is 5.49. The van der Waals surface area contributed by atoms with Gasteiger partial charge in [0.05, 0.1) is 11.2 Å². The van der Waals surface area contributed by atoms with E-state index in [1.54, 1.807) is 0 Å². The van der Waals surface area contributed by atoms with Crippen LogP contribution < -0.4 is 5.73 Å². The SMILES string of the molecule is NCCc1cc(Cl)c(F)cn1. The van der Waals surface area contributed by atoms with E-state index >= 15 is 0 Å². The summed E-state index contributed by atoms with van der Waals surface area (Å²) in [7, 11) is 0. The van der Waals surface area contributed by atoms with Gasteiger partial charge in [0.2, 0.25) is 0 Å². The molecular formula is C7H8ClFN2. The summed E-state index contributed by atoms with van der Waals surface area (Å²) in [6, 6.07) is 1.49. The lowest BCUT2D eigenvalue weighted by Gasteiger charge is -1.97. The predicted octanol–water partition coefficient (Wildman–Crippen LogP) is 1.38. The van der Waals surface area contributed by atoms with Crippen LogP contribution in [0.25, 0.3) is 0 Å². The van der Waals surface area contributed by atoms with Gasteiger partial charge in [-0.05, 0) is 12.6 Å². The Morgan fingerprint density at radius 2 is 2.36 bits per heavy atom. The van der Waals surface area contributed by atoms with E-state index in [0.717, 1.165) is 11.9 Å². The van der Waals surface area contributed by atoms with E-state index in [4.69, 9.17) is 17.3 Å². The fourth-order valence-corrected chi connectivity index (χ4v) is 0.913. The van der Waals surface area contributed by atoms with Crippen molar-refractivity contribution in [2.24, 2.45) is 5.73 Å². The van der Waals surface area contributed by atoms with Gasteiger partial charge in [-0.2, -0.15) is 0 Å². The number of aromatic nitrogens is 1. The maximum atomic E-state index is 12.5. The summed E-state index contributed by atoms with van der Waals surface area (Å²) < 4.78 is 12.5. The molecule has 11 heavy (non-hydrogen) atoms. The van der Waals surface area contributed by atoms with Crippen LogP contribution in [0.3, 0.4) is 0 Å². The molecule has 0 fully saturated rings. The van der Waals surface area contributed by atoms with E-state index in [-0.39, 0.29) is 5.02 Å². The first-order valence-corrected chi connectivity index (χ1v) is 3.62. The van der Waals surface area contributed by atoms with Crippen LogP contribution in [-0.2, 0) is 6.42 Å². The maximum absolute atomic E-state index is 12.5. The summed E-state index contributed by atoms with van der Waals surface area (Å²) in [5.41, 5.74) is 5.99. The average molecular weight is 175 g/mol. The van der Waals surface area contributed by atoms with E-state index in [1.807, 2.05) is 0 Å². The lowest BCUT2D eigenvalue weighted by atomic mass is 10.3. The average Bonchev–Trinajstić information content (AvgIpc) is 1.98. The molecular weight excluding hydrogens is 167 g/mol. The first kappa shape index (κ1) is 8.43.